The molecular weight excluding hydrogens is 401 g/mol. The summed E-state index contributed by atoms with van der Waals surface area (Å²) < 4.78 is 45.1. The summed E-state index contributed by atoms with van der Waals surface area (Å²) in [6.07, 6.45) is 0.820. The van der Waals surface area contributed by atoms with Crippen molar-refractivity contribution in [2.45, 2.75) is 24.7 Å². The Labute approximate surface area is 170 Å². The summed E-state index contributed by atoms with van der Waals surface area (Å²) in [7, 11) is -3.78. The Kier molecular flexibility index (Phi) is 6.74. The summed E-state index contributed by atoms with van der Waals surface area (Å²) in [6.45, 7) is 4.09. The first kappa shape index (κ1) is 21.5. The van der Waals surface area contributed by atoms with Crippen LogP contribution in [0.15, 0.2) is 29.2 Å². The van der Waals surface area contributed by atoms with Gasteiger partial charge in [0.05, 0.1) is 17.4 Å². The third-order valence-electron chi connectivity index (χ3n) is 5.30. The first-order chi connectivity index (χ1) is 13.8. The fourth-order valence-electron chi connectivity index (χ4n) is 3.70. The zero-order valence-corrected chi connectivity index (χ0v) is 17.2. The first-order valence-electron chi connectivity index (χ1n) is 9.79. The number of hydrogen-bond donors (Lipinski definition) is 0. The van der Waals surface area contributed by atoms with E-state index in [1.54, 1.807) is 16.7 Å². The second kappa shape index (κ2) is 9.08. The van der Waals surface area contributed by atoms with E-state index in [4.69, 9.17) is 4.74 Å². The third-order valence-corrected chi connectivity index (χ3v) is 7.18. The van der Waals surface area contributed by atoms with E-state index in [1.165, 1.54) is 16.4 Å². The molecule has 29 heavy (non-hydrogen) atoms. The summed E-state index contributed by atoms with van der Waals surface area (Å²) in [6, 6.07) is 4.71. The molecule has 2 saturated heterocycles. The quantitative estimate of drug-likeness (QED) is 0.727. The highest BCUT2D eigenvalue weighted by atomic mass is 32.2. The highest BCUT2D eigenvalue weighted by molar-refractivity contribution is 7.89. The molecule has 1 atom stereocenters. The normalized spacial score (nSPS) is 21.1. The number of nitrogens with zero attached hydrogens (tertiary/aromatic N) is 3. The molecular formula is C19H26FN3O5S. The number of carbonyl (C=O) groups is 2. The molecule has 160 valence electrons. The van der Waals surface area contributed by atoms with Crippen LogP contribution in [0.25, 0.3) is 0 Å². The Morgan fingerprint density at radius 2 is 1.69 bits per heavy atom. The van der Waals surface area contributed by atoms with E-state index in [1.807, 2.05) is 0 Å². The van der Waals surface area contributed by atoms with Crippen molar-refractivity contribution in [3.63, 3.8) is 0 Å². The number of halogens is 1. The van der Waals surface area contributed by atoms with Crippen LogP contribution in [0.4, 0.5) is 9.18 Å². The Morgan fingerprint density at radius 3 is 2.31 bits per heavy atom. The number of rotatable bonds is 4. The summed E-state index contributed by atoms with van der Waals surface area (Å²) in [5.74, 6) is -1.02. The van der Waals surface area contributed by atoms with E-state index in [-0.39, 0.29) is 23.4 Å². The lowest BCUT2D eigenvalue weighted by Crippen LogP contribution is -2.54. The van der Waals surface area contributed by atoms with Gasteiger partial charge in [0.2, 0.25) is 15.9 Å². The van der Waals surface area contributed by atoms with Gasteiger partial charge in [-0.25, -0.2) is 17.6 Å². The Hall–Kier alpha value is -2.20. The van der Waals surface area contributed by atoms with Gasteiger partial charge < -0.3 is 14.5 Å². The number of amides is 2. The van der Waals surface area contributed by atoms with E-state index < -0.39 is 21.8 Å². The second-order valence-electron chi connectivity index (χ2n) is 7.17. The predicted octanol–water partition coefficient (Wildman–Crippen LogP) is 1.53. The van der Waals surface area contributed by atoms with E-state index >= 15 is 0 Å². The molecule has 2 heterocycles. The molecule has 0 saturated carbocycles. The number of hydrogen-bond acceptors (Lipinski definition) is 5. The van der Waals surface area contributed by atoms with Gasteiger partial charge in [-0.05, 0) is 44.0 Å². The molecule has 8 nitrogen and oxygen atoms in total. The first-order valence-corrected chi connectivity index (χ1v) is 11.2. The van der Waals surface area contributed by atoms with Crippen LogP contribution in [0.2, 0.25) is 0 Å². The van der Waals surface area contributed by atoms with Crippen LogP contribution in [0.5, 0.6) is 0 Å². The molecule has 2 aliphatic rings. The van der Waals surface area contributed by atoms with Gasteiger partial charge in [-0.3, -0.25) is 4.79 Å². The zero-order chi connectivity index (χ0) is 21.0. The Bertz CT molecular complexity index is 838. The summed E-state index contributed by atoms with van der Waals surface area (Å²) in [4.78, 5) is 28.0. The standard InChI is InChI=1S/C19H26FN3O5S/c1-2-28-19(25)22-12-10-21(11-13-22)18(24)15-4-3-9-23(14-15)29(26,27)17-7-5-16(20)6-8-17/h5-8,15H,2-4,9-14H2,1H3/t15-/m0/s1. The molecule has 2 fully saturated rings. The minimum absolute atomic E-state index is 0.0232. The van der Waals surface area contributed by atoms with Crippen LogP contribution in [-0.4, -0.2) is 80.4 Å². The summed E-state index contributed by atoms with van der Waals surface area (Å²) in [5, 5.41) is 0. The lowest BCUT2D eigenvalue weighted by Gasteiger charge is -2.38. The van der Waals surface area contributed by atoms with Crippen LogP contribution >= 0.6 is 0 Å². The average molecular weight is 427 g/mol. The fourth-order valence-corrected chi connectivity index (χ4v) is 5.22. The molecule has 0 radical (unpaired) electrons. The molecule has 0 N–H and O–H groups in total. The van der Waals surface area contributed by atoms with E-state index in [2.05, 4.69) is 0 Å². The molecule has 0 spiro atoms. The number of piperazine rings is 1. The molecule has 1 aromatic rings. The lowest BCUT2D eigenvalue weighted by atomic mass is 9.98. The minimum Gasteiger partial charge on any atom is -0.450 e. The molecule has 2 aliphatic heterocycles. The van der Waals surface area contributed by atoms with Crippen molar-refractivity contribution < 1.29 is 27.1 Å². The highest BCUT2D eigenvalue weighted by Gasteiger charge is 2.36. The smallest absolute Gasteiger partial charge is 0.409 e. The molecule has 10 heteroatoms. The van der Waals surface area contributed by atoms with E-state index in [9.17, 15) is 22.4 Å². The van der Waals surface area contributed by atoms with Crippen molar-refractivity contribution in [3.05, 3.63) is 30.1 Å². The molecule has 2 amide bonds. The topological polar surface area (TPSA) is 87.2 Å². The summed E-state index contributed by atoms with van der Waals surface area (Å²) >= 11 is 0. The van der Waals surface area contributed by atoms with Gasteiger partial charge >= 0.3 is 6.09 Å². The maximum absolute atomic E-state index is 13.1. The monoisotopic (exact) mass is 427 g/mol. The van der Waals surface area contributed by atoms with Crippen molar-refractivity contribution in [1.82, 2.24) is 14.1 Å². The number of benzene rings is 1. The van der Waals surface area contributed by atoms with Crippen molar-refractivity contribution in [2.75, 3.05) is 45.9 Å². The van der Waals surface area contributed by atoms with Gasteiger partial charge in [0.25, 0.3) is 0 Å². The van der Waals surface area contributed by atoms with Crippen LogP contribution in [0.3, 0.4) is 0 Å². The average Bonchev–Trinajstić information content (AvgIpc) is 2.74. The second-order valence-corrected chi connectivity index (χ2v) is 9.11. The number of piperidine rings is 1. The van der Waals surface area contributed by atoms with Crippen molar-refractivity contribution >= 4 is 22.0 Å². The Morgan fingerprint density at radius 1 is 1.07 bits per heavy atom. The van der Waals surface area contributed by atoms with Gasteiger partial charge in [-0.2, -0.15) is 4.31 Å². The van der Waals surface area contributed by atoms with Gasteiger partial charge in [0.15, 0.2) is 0 Å². The predicted molar refractivity (Wildman–Crippen MR) is 103 cm³/mol. The molecule has 0 bridgehead atoms. The number of ether oxygens (including phenoxy) is 1. The van der Waals surface area contributed by atoms with E-state index in [0.717, 1.165) is 12.1 Å². The van der Waals surface area contributed by atoms with Crippen LogP contribution < -0.4 is 0 Å². The van der Waals surface area contributed by atoms with Crippen LogP contribution in [0.1, 0.15) is 19.8 Å². The van der Waals surface area contributed by atoms with Gasteiger partial charge in [-0.1, -0.05) is 0 Å². The number of carbonyl (C=O) groups excluding carboxylic acids is 2. The maximum Gasteiger partial charge on any atom is 0.409 e. The molecule has 0 aromatic heterocycles. The van der Waals surface area contributed by atoms with E-state index in [0.29, 0.717) is 52.2 Å². The molecule has 3 rings (SSSR count). The molecule has 1 aromatic carbocycles. The van der Waals surface area contributed by atoms with Crippen LogP contribution in [0, 0.1) is 11.7 Å². The minimum atomic E-state index is -3.78. The van der Waals surface area contributed by atoms with Crippen molar-refractivity contribution in [3.8, 4) is 0 Å². The largest absolute Gasteiger partial charge is 0.450 e. The van der Waals surface area contributed by atoms with Gasteiger partial charge in [-0.15, -0.1) is 0 Å². The molecule has 0 unspecified atom stereocenters. The summed E-state index contributed by atoms with van der Waals surface area (Å²) in [5.41, 5.74) is 0. The van der Waals surface area contributed by atoms with Crippen LogP contribution in [-0.2, 0) is 19.6 Å². The van der Waals surface area contributed by atoms with Gasteiger partial charge in [0.1, 0.15) is 5.82 Å². The number of sulfonamides is 1. The maximum atomic E-state index is 13.1. The highest BCUT2D eigenvalue weighted by Crippen LogP contribution is 2.25. The SMILES string of the molecule is CCOC(=O)N1CCN(C(=O)[C@H]2CCCN(S(=O)(=O)c3ccc(F)cc3)C2)CC1. The molecule has 0 aliphatic carbocycles. The van der Waals surface area contributed by atoms with Crippen molar-refractivity contribution in [1.29, 1.82) is 0 Å². The lowest BCUT2D eigenvalue weighted by molar-refractivity contribution is -0.138. The fraction of sp³-hybridized carbons (Fsp3) is 0.579. The van der Waals surface area contributed by atoms with Crippen molar-refractivity contribution in [2.24, 2.45) is 5.92 Å². The zero-order valence-electron chi connectivity index (χ0n) is 16.4. The Balaban J connectivity index is 1.61. The third kappa shape index (κ3) is 4.87. The van der Waals surface area contributed by atoms with Gasteiger partial charge in [0, 0.05) is 39.3 Å².